The lowest BCUT2D eigenvalue weighted by atomic mass is 10.2. The summed E-state index contributed by atoms with van der Waals surface area (Å²) < 4.78 is 11.0. The molecular weight excluding hydrogens is 236 g/mol. The number of nitrogens with zero attached hydrogens (tertiary/aromatic N) is 2. The van der Waals surface area contributed by atoms with Gasteiger partial charge in [-0.1, -0.05) is 0 Å². The minimum atomic E-state index is -0.440. The van der Waals surface area contributed by atoms with Crippen molar-refractivity contribution in [1.82, 2.24) is 4.90 Å². The summed E-state index contributed by atoms with van der Waals surface area (Å²) in [7, 11) is 3.49. The van der Waals surface area contributed by atoms with Crippen LogP contribution in [0.15, 0.2) is 18.2 Å². The molecule has 0 N–H and O–H groups in total. The van der Waals surface area contributed by atoms with Crippen LogP contribution in [0.5, 0.6) is 11.5 Å². The highest BCUT2D eigenvalue weighted by molar-refractivity contribution is 5.48. The van der Waals surface area contributed by atoms with Gasteiger partial charge in [0.1, 0.15) is 0 Å². The van der Waals surface area contributed by atoms with E-state index in [0.29, 0.717) is 11.5 Å². The van der Waals surface area contributed by atoms with E-state index >= 15 is 0 Å². The van der Waals surface area contributed by atoms with Crippen LogP contribution < -0.4 is 9.47 Å². The van der Waals surface area contributed by atoms with Gasteiger partial charge in [-0.25, -0.2) is 0 Å². The molecule has 6 nitrogen and oxygen atoms in total. The van der Waals surface area contributed by atoms with Gasteiger partial charge in [0, 0.05) is 12.6 Å². The number of likely N-dealkylation sites (tertiary alicyclic amines) is 1. The van der Waals surface area contributed by atoms with E-state index in [1.165, 1.54) is 19.2 Å². The van der Waals surface area contributed by atoms with Crippen molar-refractivity contribution in [3.63, 3.8) is 0 Å². The van der Waals surface area contributed by atoms with Crippen molar-refractivity contribution in [2.75, 3.05) is 20.7 Å². The van der Waals surface area contributed by atoms with E-state index in [0.717, 1.165) is 19.4 Å². The Morgan fingerprint density at radius 2 is 2.22 bits per heavy atom. The number of nitro benzene ring substituents is 1. The molecule has 1 aromatic carbocycles. The SMILES string of the molecule is COc1ccc([N+](=O)[O-])cc1OC1CCCN1C. The van der Waals surface area contributed by atoms with Gasteiger partial charge in [-0.05, 0) is 26.0 Å². The van der Waals surface area contributed by atoms with Crippen molar-refractivity contribution >= 4 is 5.69 Å². The van der Waals surface area contributed by atoms with Gasteiger partial charge in [0.15, 0.2) is 17.7 Å². The zero-order chi connectivity index (χ0) is 13.1. The van der Waals surface area contributed by atoms with Gasteiger partial charge in [-0.3, -0.25) is 15.0 Å². The Morgan fingerprint density at radius 1 is 1.44 bits per heavy atom. The Labute approximate surface area is 105 Å². The van der Waals surface area contributed by atoms with Crippen molar-refractivity contribution < 1.29 is 14.4 Å². The zero-order valence-corrected chi connectivity index (χ0v) is 10.5. The molecule has 1 aliphatic heterocycles. The van der Waals surface area contributed by atoms with Crippen LogP contribution in [0.3, 0.4) is 0 Å². The van der Waals surface area contributed by atoms with Gasteiger partial charge in [-0.15, -0.1) is 0 Å². The molecule has 1 aromatic rings. The first-order valence-corrected chi connectivity index (χ1v) is 5.81. The number of methoxy groups -OCH3 is 1. The van der Waals surface area contributed by atoms with Crippen molar-refractivity contribution in [1.29, 1.82) is 0 Å². The van der Waals surface area contributed by atoms with E-state index < -0.39 is 4.92 Å². The summed E-state index contributed by atoms with van der Waals surface area (Å²) in [6.07, 6.45) is 1.95. The lowest BCUT2D eigenvalue weighted by Crippen LogP contribution is -2.30. The van der Waals surface area contributed by atoms with Crippen molar-refractivity contribution in [2.45, 2.75) is 19.1 Å². The summed E-state index contributed by atoms with van der Waals surface area (Å²) in [6, 6.07) is 4.37. The summed E-state index contributed by atoms with van der Waals surface area (Å²) in [5, 5.41) is 10.8. The zero-order valence-electron chi connectivity index (χ0n) is 10.5. The minimum Gasteiger partial charge on any atom is -0.493 e. The van der Waals surface area contributed by atoms with Gasteiger partial charge < -0.3 is 9.47 Å². The third kappa shape index (κ3) is 2.53. The molecule has 1 saturated heterocycles. The van der Waals surface area contributed by atoms with Crippen LogP contribution in [0.25, 0.3) is 0 Å². The number of hydrogen-bond donors (Lipinski definition) is 0. The topological polar surface area (TPSA) is 64.8 Å². The number of ether oxygens (including phenoxy) is 2. The predicted octanol–water partition coefficient (Wildman–Crippen LogP) is 2.03. The van der Waals surface area contributed by atoms with Crippen LogP contribution >= 0.6 is 0 Å². The molecule has 0 aliphatic carbocycles. The quantitative estimate of drug-likeness (QED) is 0.606. The minimum absolute atomic E-state index is 0.00597. The summed E-state index contributed by atoms with van der Waals surface area (Å²) in [5.41, 5.74) is 0.00597. The largest absolute Gasteiger partial charge is 0.493 e. The second-order valence-electron chi connectivity index (χ2n) is 4.29. The summed E-state index contributed by atoms with van der Waals surface area (Å²) in [5.74, 6) is 0.936. The van der Waals surface area contributed by atoms with Crippen LogP contribution in [-0.2, 0) is 0 Å². The molecule has 0 radical (unpaired) electrons. The highest BCUT2D eigenvalue weighted by Gasteiger charge is 2.24. The third-order valence-electron chi connectivity index (χ3n) is 3.07. The third-order valence-corrected chi connectivity index (χ3v) is 3.07. The molecule has 1 unspecified atom stereocenters. The highest BCUT2D eigenvalue weighted by atomic mass is 16.6. The maximum Gasteiger partial charge on any atom is 0.273 e. The van der Waals surface area contributed by atoms with E-state index in [1.807, 2.05) is 7.05 Å². The van der Waals surface area contributed by atoms with Crippen LogP contribution in [0.2, 0.25) is 0 Å². The fourth-order valence-electron chi connectivity index (χ4n) is 2.05. The second-order valence-corrected chi connectivity index (χ2v) is 4.29. The Kier molecular flexibility index (Phi) is 3.66. The Hall–Kier alpha value is -1.82. The fraction of sp³-hybridized carbons (Fsp3) is 0.500. The predicted molar refractivity (Wildman–Crippen MR) is 65.9 cm³/mol. The molecule has 0 bridgehead atoms. The molecule has 2 rings (SSSR count). The van der Waals surface area contributed by atoms with Crippen molar-refractivity contribution in [3.05, 3.63) is 28.3 Å². The maximum atomic E-state index is 10.8. The van der Waals surface area contributed by atoms with Crippen LogP contribution in [0, 0.1) is 10.1 Å². The Bertz CT molecular complexity index is 450. The average Bonchev–Trinajstić information content (AvgIpc) is 2.75. The second kappa shape index (κ2) is 5.22. The van der Waals surface area contributed by atoms with E-state index in [2.05, 4.69) is 4.90 Å². The van der Waals surface area contributed by atoms with E-state index in [4.69, 9.17) is 9.47 Å². The van der Waals surface area contributed by atoms with E-state index in [-0.39, 0.29) is 11.9 Å². The summed E-state index contributed by atoms with van der Waals surface area (Å²) in [4.78, 5) is 12.4. The molecular formula is C12H16N2O4. The van der Waals surface area contributed by atoms with Crippen LogP contribution in [-0.4, -0.2) is 36.8 Å². The first kappa shape index (κ1) is 12.6. The van der Waals surface area contributed by atoms with E-state index in [1.54, 1.807) is 6.07 Å². The first-order valence-electron chi connectivity index (χ1n) is 5.81. The standard InChI is InChI=1S/C12H16N2O4/c1-13-7-3-4-12(13)18-11-8-9(14(15)16)5-6-10(11)17-2/h5-6,8,12H,3-4,7H2,1-2H3. The maximum absolute atomic E-state index is 10.8. The monoisotopic (exact) mass is 252 g/mol. The molecule has 1 aliphatic rings. The van der Waals surface area contributed by atoms with E-state index in [9.17, 15) is 10.1 Å². The molecule has 0 spiro atoms. The molecule has 1 fully saturated rings. The van der Waals surface area contributed by atoms with Gasteiger partial charge in [0.25, 0.3) is 5.69 Å². The number of hydrogen-bond acceptors (Lipinski definition) is 5. The summed E-state index contributed by atoms with van der Waals surface area (Å²) in [6.45, 7) is 0.974. The van der Waals surface area contributed by atoms with Gasteiger partial charge in [0.05, 0.1) is 18.1 Å². The Morgan fingerprint density at radius 3 is 2.78 bits per heavy atom. The fourth-order valence-corrected chi connectivity index (χ4v) is 2.05. The number of rotatable bonds is 4. The number of nitro groups is 1. The lowest BCUT2D eigenvalue weighted by Gasteiger charge is -2.21. The van der Waals surface area contributed by atoms with Gasteiger partial charge >= 0.3 is 0 Å². The molecule has 1 atom stereocenters. The number of benzene rings is 1. The smallest absolute Gasteiger partial charge is 0.273 e. The average molecular weight is 252 g/mol. The van der Waals surface area contributed by atoms with Crippen LogP contribution in [0.1, 0.15) is 12.8 Å². The molecule has 1 heterocycles. The lowest BCUT2D eigenvalue weighted by molar-refractivity contribution is -0.385. The molecule has 0 saturated carbocycles. The molecule has 6 heteroatoms. The van der Waals surface area contributed by atoms with Crippen molar-refractivity contribution in [2.24, 2.45) is 0 Å². The molecule has 0 aromatic heterocycles. The molecule has 0 amide bonds. The molecule has 98 valence electrons. The first-order chi connectivity index (χ1) is 8.61. The van der Waals surface area contributed by atoms with Crippen molar-refractivity contribution in [3.8, 4) is 11.5 Å². The van der Waals surface area contributed by atoms with Gasteiger partial charge in [-0.2, -0.15) is 0 Å². The normalized spacial score (nSPS) is 19.8. The van der Waals surface area contributed by atoms with Crippen LogP contribution in [0.4, 0.5) is 5.69 Å². The Balaban J connectivity index is 2.23. The summed E-state index contributed by atoms with van der Waals surface area (Å²) >= 11 is 0. The highest BCUT2D eigenvalue weighted by Crippen LogP contribution is 2.33. The molecule has 18 heavy (non-hydrogen) atoms. The van der Waals surface area contributed by atoms with Gasteiger partial charge in [0.2, 0.25) is 0 Å². The number of non-ortho nitro benzene ring substituents is 1.